The number of anilines is 1. The maximum Gasteiger partial charge on any atom is 0.309 e. The number of benzene rings is 1. The first-order valence-electron chi connectivity index (χ1n) is 10.9. The zero-order chi connectivity index (χ0) is 20.3. The van der Waals surface area contributed by atoms with Gasteiger partial charge in [0.05, 0.1) is 13.2 Å². The van der Waals surface area contributed by atoms with Crippen LogP contribution in [0.1, 0.15) is 44.1 Å². The van der Waals surface area contributed by atoms with Gasteiger partial charge < -0.3 is 20.3 Å². The van der Waals surface area contributed by atoms with Crippen LogP contribution in [0.5, 0.6) is 0 Å². The molecule has 0 bridgehead atoms. The summed E-state index contributed by atoms with van der Waals surface area (Å²) in [6.45, 7) is 4.48. The molecule has 0 radical (unpaired) electrons. The summed E-state index contributed by atoms with van der Waals surface area (Å²) < 4.78 is 5.39. The van der Waals surface area contributed by atoms with Gasteiger partial charge in [-0.2, -0.15) is 0 Å². The van der Waals surface area contributed by atoms with E-state index in [1.807, 2.05) is 0 Å². The number of carbonyl (C=O) groups is 2. The number of hydrogen-bond donors (Lipinski definition) is 2. The molecule has 6 heteroatoms. The highest BCUT2D eigenvalue weighted by Crippen LogP contribution is 2.19. The molecule has 1 aromatic rings. The Kier molecular flexibility index (Phi) is 8.56. The molecule has 1 saturated heterocycles. The van der Waals surface area contributed by atoms with Gasteiger partial charge in [-0.15, -0.1) is 0 Å². The normalized spacial score (nSPS) is 16.8. The van der Waals surface area contributed by atoms with Crippen LogP contribution >= 0.6 is 0 Å². The second-order valence-corrected chi connectivity index (χ2v) is 7.74. The van der Waals surface area contributed by atoms with Gasteiger partial charge in [-0.1, -0.05) is 23.8 Å². The van der Waals surface area contributed by atoms with Crippen molar-refractivity contribution in [3.8, 4) is 0 Å². The van der Waals surface area contributed by atoms with Crippen LogP contribution in [0.2, 0.25) is 0 Å². The van der Waals surface area contributed by atoms with Crippen molar-refractivity contribution in [2.75, 3.05) is 44.3 Å². The largest absolute Gasteiger partial charge is 0.378 e. The summed E-state index contributed by atoms with van der Waals surface area (Å²) in [6.07, 6.45) is 9.55. The van der Waals surface area contributed by atoms with Gasteiger partial charge in [0.15, 0.2) is 0 Å². The number of allylic oxidation sites excluding steroid dienone is 1. The van der Waals surface area contributed by atoms with Gasteiger partial charge in [-0.3, -0.25) is 9.59 Å². The van der Waals surface area contributed by atoms with E-state index in [9.17, 15) is 9.59 Å². The van der Waals surface area contributed by atoms with Crippen LogP contribution < -0.4 is 15.5 Å². The fraction of sp³-hybridized carbons (Fsp3) is 0.565. The minimum Gasteiger partial charge on any atom is -0.378 e. The van der Waals surface area contributed by atoms with E-state index in [0.29, 0.717) is 13.1 Å². The van der Waals surface area contributed by atoms with Crippen molar-refractivity contribution in [2.24, 2.45) is 0 Å². The molecule has 1 aromatic carbocycles. The van der Waals surface area contributed by atoms with Gasteiger partial charge in [-0.05, 0) is 62.6 Å². The summed E-state index contributed by atoms with van der Waals surface area (Å²) >= 11 is 0. The Morgan fingerprint density at radius 1 is 0.931 bits per heavy atom. The Labute approximate surface area is 173 Å². The zero-order valence-electron chi connectivity index (χ0n) is 17.3. The van der Waals surface area contributed by atoms with Crippen LogP contribution in [0.4, 0.5) is 5.69 Å². The van der Waals surface area contributed by atoms with Crippen molar-refractivity contribution < 1.29 is 14.3 Å². The van der Waals surface area contributed by atoms with E-state index in [0.717, 1.165) is 58.4 Å². The number of hydrogen-bond acceptors (Lipinski definition) is 4. The first kappa shape index (κ1) is 21.4. The Morgan fingerprint density at radius 2 is 1.66 bits per heavy atom. The number of ether oxygens (including phenoxy) is 1. The number of nitrogens with zero attached hydrogens (tertiary/aromatic N) is 1. The second kappa shape index (κ2) is 11.6. The predicted octanol–water partition coefficient (Wildman–Crippen LogP) is 2.58. The SMILES string of the molecule is O=C(NCCCc1ccc(N2CCOCC2)cc1)C(=O)NCCC1=CCCCC1. The first-order chi connectivity index (χ1) is 14.2. The molecule has 158 valence electrons. The molecule has 0 aromatic heterocycles. The lowest BCUT2D eigenvalue weighted by molar-refractivity contribution is -0.139. The molecule has 1 heterocycles. The summed E-state index contributed by atoms with van der Waals surface area (Å²) in [5.41, 5.74) is 3.86. The van der Waals surface area contributed by atoms with E-state index in [1.165, 1.54) is 29.7 Å². The quantitative estimate of drug-likeness (QED) is 0.400. The lowest BCUT2D eigenvalue weighted by Gasteiger charge is -2.28. The van der Waals surface area contributed by atoms with Gasteiger partial charge in [0, 0.05) is 31.9 Å². The van der Waals surface area contributed by atoms with Gasteiger partial charge in [-0.25, -0.2) is 0 Å². The topological polar surface area (TPSA) is 70.7 Å². The minimum absolute atomic E-state index is 0.503. The average molecular weight is 400 g/mol. The lowest BCUT2D eigenvalue weighted by atomic mass is 9.97. The Hall–Kier alpha value is -2.34. The highest BCUT2D eigenvalue weighted by molar-refractivity contribution is 6.35. The maximum absolute atomic E-state index is 11.9. The van der Waals surface area contributed by atoms with Crippen LogP contribution in [0.15, 0.2) is 35.9 Å². The number of rotatable bonds is 8. The number of amides is 2. The van der Waals surface area contributed by atoms with Crippen molar-refractivity contribution in [3.05, 3.63) is 41.5 Å². The molecular weight excluding hydrogens is 366 g/mol. The fourth-order valence-corrected chi connectivity index (χ4v) is 3.82. The van der Waals surface area contributed by atoms with E-state index in [-0.39, 0.29) is 0 Å². The summed E-state index contributed by atoms with van der Waals surface area (Å²) in [7, 11) is 0. The number of aryl methyl sites for hydroxylation is 1. The van der Waals surface area contributed by atoms with Gasteiger partial charge in [0.25, 0.3) is 0 Å². The van der Waals surface area contributed by atoms with Crippen LogP contribution in [0.25, 0.3) is 0 Å². The standard InChI is InChI=1S/C23H33N3O3/c27-22(23(28)25-14-12-19-5-2-1-3-6-19)24-13-4-7-20-8-10-21(11-9-20)26-15-17-29-18-16-26/h5,8-11H,1-4,6-7,12-18H2,(H,24,27)(H,25,28). The average Bonchev–Trinajstić information content (AvgIpc) is 2.78. The van der Waals surface area contributed by atoms with Gasteiger partial charge in [0.2, 0.25) is 0 Å². The predicted molar refractivity (Wildman–Crippen MR) is 115 cm³/mol. The fourth-order valence-electron chi connectivity index (χ4n) is 3.82. The summed E-state index contributed by atoms with van der Waals surface area (Å²) in [5, 5.41) is 5.44. The van der Waals surface area contributed by atoms with Gasteiger partial charge in [0.1, 0.15) is 0 Å². The maximum atomic E-state index is 11.9. The molecule has 1 aliphatic carbocycles. The molecule has 6 nitrogen and oxygen atoms in total. The van der Waals surface area contributed by atoms with E-state index >= 15 is 0 Å². The third-order valence-electron chi connectivity index (χ3n) is 5.56. The van der Waals surface area contributed by atoms with Gasteiger partial charge >= 0.3 is 11.8 Å². The smallest absolute Gasteiger partial charge is 0.309 e. The molecule has 2 amide bonds. The van der Waals surface area contributed by atoms with Crippen molar-refractivity contribution in [1.82, 2.24) is 10.6 Å². The number of morpholine rings is 1. The Bertz CT molecular complexity index is 694. The molecule has 0 atom stereocenters. The first-order valence-corrected chi connectivity index (χ1v) is 10.9. The Balaban J connectivity index is 1.28. The minimum atomic E-state index is -0.537. The molecule has 2 N–H and O–H groups in total. The van der Waals surface area contributed by atoms with E-state index in [4.69, 9.17) is 4.74 Å². The molecule has 2 aliphatic rings. The Morgan fingerprint density at radius 3 is 2.34 bits per heavy atom. The lowest BCUT2D eigenvalue weighted by Crippen LogP contribution is -2.40. The van der Waals surface area contributed by atoms with Crippen molar-refractivity contribution in [3.63, 3.8) is 0 Å². The van der Waals surface area contributed by atoms with E-state index in [1.54, 1.807) is 0 Å². The third-order valence-corrected chi connectivity index (χ3v) is 5.56. The molecule has 0 saturated carbocycles. The number of nitrogens with one attached hydrogen (secondary N) is 2. The summed E-state index contributed by atoms with van der Waals surface area (Å²) in [4.78, 5) is 26.1. The van der Waals surface area contributed by atoms with E-state index in [2.05, 4.69) is 45.9 Å². The third kappa shape index (κ3) is 7.20. The summed E-state index contributed by atoms with van der Waals surface area (Å²) in [6, 6.07) is 8.57. The van der Waals surface area contributed by atoms with Crippen LogP contribution in [0, 0.1) is 0 Å². The zero-order valence-corrected chi connectivity index (χ0v) is 17.3. The molecule has 0 unspecified atom stereocenters. The van der Waals surface area contributed by atoms with Crippen LogP contribution in [-0.4, -0.2) is 51.2 Å². The second-order valence-electron chi connectivity index (χ2n) is 7.74. The molecule has 0 spiro atoms. The van der Waals surface area contributed by atoms with Crippen LogP contribution in [0.3, 0.4) is 0 Å². The molecule has 1 aliphatic heterocycles. The molecular formula is C23H33N3O3. The monoisotopic (exact) mass is 399 g/mol. The highest BCUT2D eigenvalue weighted by atomic mass is 16.5. The molecule has 29 heavy (non-hydrogen) atoms. The molecule has 3 rings (SSSR count). The number of carbonyl (C=O) groups excluding carboxylic acids is 2. The van der Waals surface area contributed by atoms with Crippen molar-refractivity contribution >= 4 is 17.5 Å². The van der Waals surface area contributed by atoms with Crippen molar-refractivity contribution in [2.45, 2.75) is 44.9 Å². The summed E-state index contributed by atoms with van der Waals surface area (Å²) in [5.74, 6) is -1.07. The van der Waals surface area contributed by atoms with E-state index < -0.39 is 11.8 Å². The van der Waals surface area contributed by atoms with Crippen molar-refractivity contribution in [1.29, 1.82) is 0 Å². The highest BCUT2D eigenvalue weighted by Gasteiger charge is 2.13. The van der Waals surface area contributed by atoms with Crippen LogP contribution in [-0.2, 0) is 20.7 Å². The molecule has 1 fully saturated rings.